The van der Waals surface area contributed by atoms with Gasteiger partial charge < -0.3 is 14.8 Å². The lowest BCUT2D eigenvalue weighted by Crippen LogP contribution is -2.28. The van der Waals surface area contributed by atoms with Gasteiger partial charge in [-0.25, -0.2) is 0 Å². The van der Waals surface area contributed by atoms with E-state index in [1.807, 2.05) is 19.1 Å². The molecule has 0 fully saturated rings. The largest absolute Gasteiger partial charge is 0.497 e. The molecule has 0 aliphatic carbocycles. The summed E-state index contributed by atoms with van der Waals surface area (Å²) in [6.07, 6.45) is 0.106. The summed E-state index contributed by atoms with van der Waals surface area (Å²) in [7, 11) is 3.18. The summed E-state index contributed by atoms with van der Waals surface area (Å²) in [5.41, 5.74) is 1.44. The van der Waals surface area contributed by atoms with Gasteiger partial charge in [0, 0.05) is 15.6 Å². The second kappa shape index (κ2) is 8.27. The number of halogens is 2. The molecule has 2 aromatic carbocycles. The van der Waals surface area contributed by atoms with Gasteiger partial charge in [-0.2, -0.15) is 0 Å². The minimum absolute atomic E-state index is 0.106. The number of ether oxygens (including phenoxy) is 2. The molecule has 0 radical (unpaired) electrons. The number of benzene rings is 2. The van der Waals surface area contributed by atoms with E-state index in [1.54, 1.807) is 38.5 Å². The van der Waals surface area contributed by atoms with Crippen molar-refractivity contribution in [2.24, 2.45) is 0 Å². The lowest BCUT2D eigenvalue weighted by Gasteiger charge is -2.18. The van der Waals surface area contributed by atoms with Gasteiger partial charge in [0.1, 0.15) is 11.5 Å². The summed E-state index contributed by atoms with van der Waals surface area (Å²) in [6, 6.07) is 10.4. The highest BCUT2D eigenvalue weighted by Gasteiger charge is 2.17. The van der Waals surface area contributed by atoms with E-state index in [2.05, 4.69) is 5.32 Å². The third-order valence-electron chi connectivity index (χ3n) is 3.68. The Hall–Kier alpha value is -1.91. The smallest absolute Gasteiger partial charge is 0.225 e. The first kappa shape index (κ1) is 18.4. The maximum Gasteiger partial charge on any atom is 0.225 e. The molecule has 1 amide bonds. The van der Waals surface area contributed by atoms with Gasteiger partial charge >= 0.3 is 0 Å². The van der Waals surface area contributed by atoms with E-state index in [0.29, 0.717) is 27.1 Å². The lowest BCUT2D eigenvalue weighted by atomic mass is 10.1. The highest BCUT2D eigenvalue weighted by atomic mass is 35.5. The third-order valence-corrected chi connectivity index (χ3v) is 4.39. The van der Waals surface area contributed by atoms with Crippen molar-refractivity contribution in [1.29, 1.82) is 0 Å². The lowest BCUT2D eigenvalue weighted by molar-refractivity contribution is -0.121. The Morgan fingerprint density at radius 1 is 1.12 bits per heavy atom. The molecule has 0 saturated carbocycles. The average Bonchev–Trinajstić information content (AvgIpc) is 2.57. The van der Waals surface area contributed by atoms with E-state index < -0.39 is 0 Å². The summed E-state index contributed by atoms with van der Waals surface area (Å²) in [5.74, 6) is 1.20. The molecule has 0 saturated heterocycles. The molecule has 0 aliphatic rings. The quantitative estimate of drug-likeness (QED) is 0.821. The summed E-state index contributed by atoms with van der Waals surface area (Å²) in [4.78, 5) is 12.4. The Morgan fingerprint density at radius 3 is 2.38 bits per heavy atom. The van der Waals surface area contributed by atoms with Gasteiger partial charge in [0.2, 0.25) is 5.91 Å². The van der Waals surface area contributed by atoms with Crippen LogP contribution in [0.1, 0.15) is 24.1 Å². The van der Waals surface area contributed by atoms with Gasteiger partial charge in [0.15, 0.2) is 0 Å². The highest BCUT2D eigenvalue weighted by Crippen LogP contribution is 2.30. The molecule has 1 atom stereocenters. The molecule has 6 heteroatoms. The minimum atomic E-state index is -0.260. The van der Waals surface area contributed by atoms with E-state index >= 15 is 0 Å². The highest BCUT2D eigenvalue weighted by molar-refractivity contribution is 6.36. The van der Waals surface area contributed by atoms with Crippen LogP contribution in [0.3, 0.4) is 0 Å². The number of rotatable bonds is 6. The third kappa shape index (κ3) is 4.34. The molecule has 24 heavy (non-hydrogen) atoms. The molecule has 0 bridgehead atoms. The zero-order valence-corrected chi connectivity index (χ0v) is 15.2. The van der Waals surface area contributed by atoms with Crippen LogP contribution in [0, 0.1) is 0 Å². The summed E-state index contributed by atoms with van der Waals surface area (Å²) in [5, 5.41) is 3.89. The van der Waals surface area contributed by atoms with E-state index in [-0.39, 0.29) is 18.4 Å². The maximum atomic E-state index is 12.4. The van der Waals surface area contributed by atoms with Crippen LogP contribution >= 0.6 is 23.2 Å². The molecule has 0 aromatic heterocycles. The van der Waals surface area contributed by atoms with Crippen LogP contribution in [0.5, 0.6) is 11.5 Å². The van der Waals surface area contributed by atoms with Crippen molar-refractivity contribution in [1.82, 2.24) is 5.32 Å². The topological polar surface area (TPSA) is 47.6 Å². The molecule has 0 heterocycles. The Balaban J connectivity index is 2.14. The molecule has 1 N–H and O–H groups in total. The van der Waals surface area contributed by atoms with E-state index in [9.17, 15) is 4.79 Å². The molecule has 4 nitrogen and oxygen atoms in total. The van der Waals surface area contributed by atoms with Crippen LogP contribution in [-0.4, -0.2) is 20.1 Å². The van der Waals surface area contributed by atoms with Crippen molar-refractivity contribution in [3.8, 4) is 11.5 Å². The molecule has 2 rings (SSSR count). The number of methoxy groups -OCH3 is 2. The zero-order valence-electron chi connectivity index (χ0n) is 13.7. The number of amides is 1. The van der Waals surface area contributed by atoms with Gasteiger partial charge in [-0.15, -0.1) is 0 Å². The van der Waals surface area contributed by atoms with Crippen molar-refractivity contribution in [2.75, 3.05) is 14.2 Å². The second-order valence-electron chi connectivity index (χ2n) is 5.27. The monoisotopic (exact) mass is 367 g/mol. The number of carbonyl (C=O) groups is 1. The second-order valence-corrected chi connectivity index (χ2v) is 6.09. The van der Waals surface area contributed by atoms with Gasteiger partial charge in [-0.3, -0.25) is 4.79 Å². The number of hydrogen-bond donors (Lipinski definition) is 1. The van der Waals surface area contributed by atoms with Gasteiger partial charge in [0.25, 0.3) is 0 Å². The van der Waals surface area contributed by atoms with Crippen molar-refractivity contribution < 1.29 is 14.3 Å². The fraction of sp³-hybridized carbons (Fsp3) is 0.278. The fourth-order valence-corrected chi connectivity index (χ4v) is 2.94. The predicted octanol–water partition coefficient (Wildman–Crippen LogP) is 4.43. The Labute approximate surface area is 151 Å². The van der Waals surface area contributed by atoms with Crippen LogP contribution in [-0.2, 0) is 11.2 Å². The first-order valence-electron chi connectivity index (χ1n) is 7.40. The number of carbonyl (C=O) groups excluding carboxylic acids is 1. The molecule has 0 aliphatic heterocycles. The Bertz CT molecular complexity index is 714. The average molecular weight is 368 g/mol. The summed E-state index contributed by atoms with van der Waals surface area (Å²) in [6.45, 7) is 1.88. The molecule has 1 unspecified atom stereocenters. The zero-order chi connectivity index (χ0) is 17.7. The minimum Gasteiger partial charge on any atom is -0.497 e. The van der Waals surface area contributed by atoms with Crippen LogP contribution in [0.4, 0.5) is 0 Å². The van der Waals surface area contributed by atoms with E-state index in [1.165, 1.54) is 0 Å². The van der Waals surface area contributed by atoms with Crippen molar-refractivity contribution in [3.63, 3.8) is 0 Å². The van der Waals surface area contributed by atoms with Crippen LogP contribution in [0.2, 0.25) is 10.0 Å². The van der Waals surface area contributed by atoms with E-state index in [4.69, 9.17) is 32.7 Å². The number of hydrogen-bond acceptors (Lipinski definition) is 3. The Kier molecular flexibility index (Phi) is 6.35. The molecule has 2 aromatic rings. The maximum absolute atomic E-state index is 12.4. The first-order chi connectivity index (χ1) is 11.5. The Morgan fingerprint density at radius 2 is 1.79 bits per heavy atom. The van der Waals surface area contributed by atoms with E-state index in [0.717, 1.165) is 5.56 Å². The summed E-state index contributed by atoms with van der Waals surface area (Å²) < 4.78 is 10.6. The van der Waals surface area contributed by atoms with Crippen LogP contribution in [0.25, 0.3) is 0 Å². The van der Waals surface area contributed by atoms with Gasteiger partial charge in [-0.05, 0) is 42.8 Å². The molecular weight excluding hydrogens is 349 g/mol. The fourth-order valence-electron chi connectivity index (χ4n) is 2.41. The molecule has 128 valence electrons. The van der Waals surface area contributed by atoms with Gasteiger partial charge in [-0.1, -0.05) is 29.3 Å². The molecule has 0 spiro atoms. The predicted molar refractivity (Wildman–Crippen MR) is 96.3 cm³/mol. The van der Waals surface area contributed by atoms with Crippen molar-refractivity contribution >= 4 is 29.1 Å². The van der Waals surface area contributed by atoms with Crippen molar-refractivity contribution in [2.45, 2.75) is 19.4 Å². The molecular formula is C18H19Cl2NO3. The standard InChI is InChI=1S/C18H19Cl2NO3/c1-11(13-9-12(23-2)7-8-17(13)24-3)21-18(22)10-14-15(19)5-4-6-16(14)20/h4-9,11H,10H2,1-3H3,(H,21,22). The van der Waals surface area contributed by atoms with Crippen LogP contribution < -0.4 is 14.8 Å². The normalized spacial score (nSPS) is 11.7. The SMILES string of the molecule is COc1ccc(OC)c(C(C)NC(=O)Cc2c(Cl)cccc2Cl)c1. The van der Waals surface area contributed by atoms with Crippen molar-refractivity contribution in [3.05, 3.63) is 57.6 Å². The summed E-state index contributed by atoms with van der Waals surface area (Å²) >= 11 is 12.2. The van der Waals surface area contributed by atoms with Gasteiger partial charge in [0.05, 0.1) is 26.7 Å². The number of nitrogens with one attached hydrogen (secondary N) is 1. The van der Waals surface area contributed by atoms with Crippen LogP contribution in [0.15, 0.2) is 36.4 Å². The first-order valence-corrected chi connectivity index (χ1v) is 8.16.